The van der Waals surface area contributed by atoms with Crippen LogP contribution in [0.1, 0.15) is 35.7 Å². The Hall–Kier alpha value is -3.21. The monoisotopic (exact) mass is 358 g/mol. The molecule has 1 aromatic carbocycles. The molecule has 0 N–H and O–H groups in total. The second kappa shape index (κ2) is 7.58. The third-order valence-electron chi connectivity index (χ3n) is 4.72. The maximum Gasteiger partial charge on any atom is 0.115 e. The molecule has 0 aliphatic rings. The summed E-state index contributed by atoms with van der Waals surface area (Å²) in [6.45, 7) is 4.83. The second-order valence-electron chi connectivity index (χ2n) is 6.79. The molecule has 0 bridgehead atoms. The van der Waals surface area contributed by atoms with Crippen LogP contribution in [0.4, 0.5) is 0 Å². The van der Waals surface area contributed by atoms with Crippen molar-refractivity contribution in [2.75, 3.05) is 0 Å². The predicted molar refractivity (Wildman–Crippen MR) is 104 cm³/mol. The highest BCUT2D eigenvalue weighted by Crippen LogP contribution is 2.29. The Morgan fingerprint density at radius 1 is 1.04 bits per heavy atom. The van der Waals surface area contributed by atoms with Crippen LogP contribution in [0.25, 0.3) is 11.3 Å². The fraction of sp³-hybridized carbons (Fsp3) is 0.227. The van der Waals surface area contributed by atoms with E-state index in [9.17, 15) is 0 Å². The molecular formula is C22H22N4O. The number of imidazole rings is 1. The Balaban J connectivity index is 1.70. The number of aryl methyl sites for hydroxylation is 1. The minimum Gasteiger partial charge on any atom is -0.466 e. The van der Waals surface area contributed by atoms with Gasteiger partial charge in [0.25, 0.3) is 0 Å². The molecule has 0 aliphatic carbocycles. The van der Waals surface area contributed by atoms with Crippen molar-refractivity contribution in [3.05, 3.63) is 90.3 Å². The normalized spacial score (nSPS) is 12.2. The van der Waals surface area contributed by atoms with E-state index >= 15 is 0 Å². The summed E-state index contributed by atoms with van der Waals surface area (Å²) in [5.41, 5.74) is 4.28. The summed E-state index contributed by atoms with van der Waals surface area (Å²) >= 11 is 0. The fourth-order valence-corrected chi connectivity index (χ4v) is 3.29. The molecule has 4 rings (SSSR count). The molecule has 0 saturated carbocycles. The summed E-state index contributed by atoms with van der Waals surface area (Å²) in [5, 5.41) is 0. The van der Waals surface area contributed by atoms with Gasteiger partial charge in [-0.05, 0) is 31.5 Å². The van der Waals surface area contributed by atoms with Gasteiger partial charge in [-0.15, -0.1) is 0 Å². The Morgan fingerprint density at radius 2 is 1.89 bits per heavy atom. The van der Waals surface area contributed by atoms with Crippen LogP contribution in [-0.4, -0.2) is 19.5 Å². The third-order valence-corrected chi connectivity index (χ3v) is 4.72. The molecule has 5 heteroatoms. The average molecular weight is 358 g/mol. The second-order valence-corrected chi connectivity index (χ2v) is 6.79. The lowest BCUT2D eigenvalue weighted by Gasteiger charge is -2.14. The number of hydrogen-bond acceptors (Lipinski definition) is 4. The summed E-state index contributed by atoms with van der Waals surface area (Å²) in [5.74, 6) is 2.19. The van der Waals surface area contributed by atoms with E-state index in [-0.39, 0.29) is 5.92 Å². The fourth-order valence-electron chi connectivity index (χ4n) is 3.29. The molecule has 0 radical (unpaired) electrons. The van der Waals surface area contributed by atoms with Crippen molar-refractivity contribution in [3.8, 4) is 11.3 Å². The number of aromatic nitrogens is 4. The van der Waals surface area contributed by atoms with Crippen LogP contribution in [0, 0.1) is 6.92 Å². The highest BCUT2D eigenvalue weighted by Gasteiger charge is 2.19. The molecule has 5 nitrogen and oxygen atoms in total. The minimum atomic E-state index is 0.252. The quantitative estimate of drug-likeness (QED) is 0.504. The van der Waals surface area contributed by atoms with Gasteiger partial charge < -0.3 is 8.98 Å². The number of benzene rings is 1. The largest absolute Gasteiger partial charge is 0.466 e. The van der Waals surface area contributed by atoms with Gasteiger partial charge in [0.1, 0.15) is 17.8 Å². The van der Waals surface area contributed by atoms with Gasteiger partial charge in [0.05, 0.1) is 24.3 Å². The average Bonchev–Trinajstić information content (AvgIpc) is 3.30. The van der Waals surface area contributed by atoms with Gasteiger partial charge in [-0.2, -0.15) is 0 Å². The molecule has 0 spiro atoms. The van der Waals surface area contributed by atoms with E-state index < -0.39 is 0 Å². The number of hydrogen-bond donors (Lipinski definition) is 0. The molecule has 0 unspecified atom stereocenters. The van der Waals surface area contributed by atoms with E-state index in [1.165, 1.54) is 5.69 Å². The van der Waals surface area contributed by atoms with E-state index in [0.29, 0.717) is 6.54 Å². The molecule has 0 fully saturated rings. The molecule has 0 amide bonds. The molecule has 1 atom stereocenters. The molecule has 3 aromatic heterocycles. The van der Waals surface area contributed by atoms with Gasteiger partial charge in [-0.3, -0.25) is 0 Å². The third kappa shape index (κ3) is 3.82. The molecule has 0 saturated heterocycles. The summed E-state index contributed by atoms with van der Waals surface area (Å²) in [7, 11) is 0. The summed E-state index contributed by atoms with van der Waals surface area (Å²) < 4.78 is 8.03. The maximum absolute atomic E-state index is 5.85. The maximum atomic E-state index is 5.85. The Morgan fingerprint density at radius 3 is 2.59 bits per heavy atom. The minimum absolute atomic E-state index is 0.252. The Bertz CT molecular complexity index is 1010. The van der Waals surface area contributed by atoms with Gasteiger partial charge in [-0.25, -0.2) is 15.0 Å². The zero-order chi connectivity index (χ0) is 18.6. The van der Waals surface area contributed by atoms with Crippen LogP contribution in [0.3, 0.4) is 0 Å². The molecular weight excluding hydrogens is 336 g/mol. The smallest absolute Gasteiger partial charge is 0.115 e. The van der Waals surface area contributed by atoms with E-state index in [1.54, 1.807) is 12.5 Å². The molecule has 0 aliphatic heterocycles. The predicted octanol–water partition coefficient (Wildman–Crippen LogP) is 4.64. The van der Waals surface area contributed by atoms with E-state index in [0.717, 1.165) is 34.9 Å². The highest BCUT2D eigenvalue weighted by atomic mass is 16.3. The molecule has 3 heterocycles. The van der Waals surface area contributed by atoms with Crippen LogP contribution >= 0.6 is 0 Å². The first kappa shape index (κ1) is 17.2. The van der Waals surface area contributed by atoms with E-state index in [1.807, 2.05) is 43.6 Å². The van der Waals surface area contributed by atoms with Crippen LogP contribution in [0.2, 0.25) is 0 Å². The van der Waals surface area contributed by atoms with Crippen LogP contribution < -0.4 is 0 Å². The topological polar surface area (TPSA) is 56.7 Å². The lowest BCUT2D eigenvalue weighted by atomic mass is 9.99. The van der Waals surface area contributed by atoms with Crippen molar-refractivity contribution in [2.24, 2.45) is 0 Å². The van der Waals surface area contributed by atoms with Gasteiger partial charge in [-0.1, -0.05) is 37.3 Å². The summed E-state index contributed by atoms with van der Waals surface area (Å²) in [6, 6.07) is 16.3. The van der Waals surface area contributed by atoms with Gasteiger partial charge in [0.2, 0.25) is 0 Å². The van der Waals surface area contributed by atoms with Crippen molar-refractivity contribution in [2.45, 2.75) is 32.7 Å². The van der Waals surface area contributed by atoms with E-state index in [2.05, 4.69) is 39.7 Å². The van der Waals surface area contributed by atoms with E-state index in [4.69, 9.17) is 9.40 Å². The highest BCUT2D eigenvalue weighted by molar-refractivity contribution is 5.62. The van der Waals surface area contributed by atoms with Crippen LogP contribution in [0.5, 0.6) is 0 Å². The first-order valence-corrected chi connectivity index (χ1v) is 9.11. The lowest BCUT2D eigenvalue weighted by Crippen LogP contribution is -2.09. The van der Waals surface area contributed by atoms with Gasteiger partial charge in [0.15, 0.2) is 0 Å². The SMILES string of the molecule is Cc1ccc([C@H](C)Cc2c(-c3ccccc3)ncn2Cc2ccncn2)o1. The first-order valence-electron chi connectivity index (χ1n) is 9.11. The lowest BCUT2D eigenvalue weighted by molar-refractivity contribution is 0.448. The Kier molecular flexibility index (Phi) is 4.83. The number of rotatable bonds is 6. The zero-order valence-electron chi connectivity index (χ0n) is 15.5. The van der Waals surface area contributed by atoms with Crippen LogP contribution in [0.15, 0.2) is 71.8 Å². The summed E-state index contributed by atoms with van der Waals surface area (Å²) in [6.07, 6.45) is 6.09. The van der Waals surface area contributed by atoms with Crippen molar-refractivity contribution in [1.29, 1.82) is 0 Å². The van der Waals surface area contributed by atoms with Gasteiger partial charge >= 0.3 is 0 Å². The first-order chi connectivity index (χ1) is 13.2. The van der Waals surface area contributed by atoms with Gasteiger partial charge in [0, 0.05) is 23.4 Å². The zero-order valence-corrected chi connectivity index (χ0v) is 15.5. The van der Waals surface area contributed by atoms with Crippen molar-refractivity contribution in [3.63, 3.8) is 0 Å². The standard InChI is InChI=1S/C22H22N4O/c1-16(21-9-8-17(2)27-21)12-20-22(18-6-4-3-5-7-18)25-15-26(20)13-19-10-11-23-14-24-19/h3-11,14-16H,12-13H2,1-2H3/t16-/m1/s1. The number of nitrogens with zero attached hydrogens (tertiary/aromatic N) is 4. The summed E-state index contributed by atoms with van der Waals surface area (Å²) in [4.78, 5) is 13.1. The molecule has 27 heavy (non-hydrogen) atoms. The molecule has 4 aromatic rings. The Labute approximate surface area is 158 Å². The van der Waals surface area contributed by atoms with Crippen molar-refractivity contribution < 1.29 is 4.42 Å². The van der Waals surface area contributed by atoms with Crippen molar-refractivity contribution in [1.82, 2.24) is 19.5 Å². The van der Waals surface area contributed by atoms with Crippen LogP contribution in [-0.2, 0) is 13.0 Å². The molecule has 136 valence electrons. The van der Waals surface area contributed by atoms with Crippen molar-refractivity contribution >= 4 is 0 Å². The number of furan rings is 1.